The molecule has 0 radical (unpaired) electrons. The highest BCUT2D eigenvalue weighted by Gasteiger charge is 2.48. The number of aliphatic carboxylic acids is 1. The van der Waals surface area contributed by atoms with Gasteiger partial charge >= 0.3 is 5.97 Å². The van der Waals surface area contributed by atoms with Gasteiger partial charge in [-0.1, -0.05) is 44.2 Å². The summed E-state index contributed by atoms with van der Waals surface area (Å²) < 4.78 is 1.69. The van der Waals surface area contributed by atoms with Crippen molar-refractivity contribution >= 4 is 11.9 Å². The molecule has 0 aliphatic carbocycles. The van der Waals surface area contributed by atoms with Crippen LogP contribution in [0.1, 0.15) is 30.6 Å². The average molecular weight is 341 g/mol. The SMILES string of the molecule is CC(C)C1(C(=O)O)CCN(C(=O)c2cnn(C)c2-c2ccccc2)C1. The third kappa shape index (κ3) is 2.81. The second-order valence-electron chi connectivity index (χ2n) is 6.99. The Balaban J connectivity index is 1.93. The third-order valence-electron chi connectivity index (χ3n) is 5.34. The summed E-state index contributed by atoms with van der Waals surface area (Å²) in [5, 5.41) is 13.9. The van der Waals surface area contributed by atoms with E-state index in [4.69, 9.17) is 0 Å². The number of rotatable bonds is 4. The van der Waals surface area contributed by atoms with Gasteiger partial charge in [-0.25, -0.2) is 0 Å². The molecule has 1 aliphatic heterocycles. The van der Waals surface area contributed by atoms with Crippen molar-refractivity contribution in [2.75, 3.05) is 13.1 Å². The van der Waals surface area contributed by atoms with Crippen molar-refractivity contribution in [3.63, 3.8) is 0 Å². The van der Waals surface area contributed by atoms with Gasteiger partial charge in [0.25, 0.3) is 5.91 Å². The van der Waals surface area contributed by atoms with Crippen LogP contribution in [0.4, 0.5) is 0 Å². The maximum atomic E-state index is 13.1. The van der Waals surface area contributed by atoms with E-state index >= 15 is 0 Å². The number of hydrogen-bond donors (Lipinski definition) is 1. The number of carbonyl (C=O) groups is 2. The normalized spacial score (nSPS) is 20.2. The number of aromatic nitrogens is 2. The van der Waals surface area contributed by atoms with E-state index < -0.39 is 11.4 Å². The quantitative estimate of drug-likeness (QED) is 0.928. The number of carboxylic acids is 1. The van der Waals surface area contributed by atoms with E-state index in [1.807, 2.05) is 44.2 Å². The molecular formula is C19H23N3O3. The van der Waals surface area contributed by atoms with Gasteiger partial charge in [0, 0.05) is 25.7 Å². The zero-order valence-corrected chi connectivity index (χ0v) is 14.8. The summed E-state index contributed by atoms with van der Waals surface area (Å²) in [7, 11) is 1.80. The van der Waals surface area contributed by atoms with Crippen LogP contribution in [0.5, 0.6) is 0 Å². The first kappa shape index (κ1) is 17.2. The fourth-order valence-electron chi connectivity index (χ4n) is 3.60. The van der Waals surface area contributed by atoms with Gasteiger partial charge in [0.2, 0.25) is 0 Å². The van der Waals surface area contributed by atoms with Crippen LogP contribution in [0.2, 0.25) is 0 Å². The molecule has 132 valence electrons. The smallest absolute Gasteiger partial charge is 0.311 e. The minimum Gasteiger partial charge on any atom is -0.481 e. The Kier molecular flexibility index (Phi) is 4.37. The first-order chi connectivity index (χ1) is 11.9. The first-order valence-corrected chi connectivity index (χ1v) is 8.47. The zero-order chi connectivity index (χ0) is 18.2. The molecule has 6 heteroatoms. The van der Waals surface area contributed by atoms with Gasteiger partial charge in [0.05, 0.1) is 22.9 Å². The van der Waals surface area contributed by atoms with Crippen LogP contribution in [0.15, 0.2) is 36.5 Å². The summed E-state index contributed by atoms with van der Waals surface area (Å²) in [5.41, 5.74) is 1.31. The molecular weight excluding hydrogens is 318 g/mol. The van der Waals surface area contributed by atoms with E-state index in [1.54, 1.807) is 22.8 Å². The van der Waals surface area contributed by atoms with Crippen LogP contribution in [-0.2, 0) is 11.8 Å². The summed E-state index contributed by atoms with van der Waals surface area (Å²) >= 11 is 0. The van der Waals surface area contributed by atoms with Crippen LogP contribution >= 0.6 is 0 Å². The summed E-state index contributed by atoms with van der Waals surface area (Å²) in [6.07, 6.45) is 2.05. The third-order valence-corrected chi connectivity index (χ3v) is 5.34. The molecule has 3 rings (SSSR count). The van der Waals surface area contributed by atoms with E-state index in [-0.39, 0.29) is 18.4 Å². The van der Waals surface area contributed by atoms with E-state index in [1.165, 1.54) is 0 Å². The lowest BCUT2D eigenvalue weighted by Crippen LogP contribution is -2.40. The molecule has 1 aliphatic rings. The molecule has 0 bridgehead atoms. The molecule has 1 unspecified atom stereocenters. The molecule has 1 aromatic carbocycles. The highest BCUT2D eigenvalue weighted by molar-refractivity contribution is 6.00. The number of carboxylic acid groups (broad SMARTS) is 1. The predicted octanol–water partition coefficient (Wildman–Crippen LogP) is 2.66. The van der Waals surface area contributed by atoms with Crippen molar-refractivity contribution < 1.29 is 14.7 Å². The molecule has 1 amide bonds. The highest BCUT2D eigenvalue weighted by atomic mass is 16.4. The molecule has 0 saturated carbocycles. The summed E-state index contributed by atoms with van der Waals surface area (Å²) in [5.74, 6) is -1.02. The number of amides is 1. The maximum absolute atomic E-state index is 13.1. The van der Waals surface area contributed by atoms with Gasteiger partial charge in [-0.05, 0) is 12.3 Å². The van der Waals surface area contributed by atoms with Crippen LogP contribution in [0, 0.1) is 11.3 Å². The van der Waals surface area contributed by atoms with Gasteiger partial charge in [0.1, 0.15) is 0 Å². The monoisotopic (exact) mass is 341 g/mol. The number of benzene rings is 1. The Morgan fingerprint density at radius 3 is 2.48 bits per heavy atom. The molecule has 25 heavy (non-hydrogen) atoms. The minimum absolute atomic E-state index is 0.0368. The van der Waals surface area contributed by atoms with Crippen molar-refractivity contribution in [3.8, 4) is 11.3 Å². The van der Waals surface area contributed by atoms with E-state index in [9.17, 15) is 14.7 Å². The lowest BCUT2D eigenvalue weighted by Gasteiger charge is -2.28. The second-order valence-corrected chi connectivity index (χ2v) is 6.99. The minimum atomic E-state index is -0.870. The fraction of sp³-hybridized carbons (Fsp3) is 0.421. The molecule has 1 fully saturated rings. The Morgan fingerprint density at radius 1 is 1.24 bits per heavy atom. The van der Waals surface area contributed by atoms with Gasteiger partial charge in [-0.15, -0.1) is 0 Å². The largest absolute Gasteiger partial charge is 0.481 e. The van der Waals surface area contributed by atoms with Crippen molar-refractivity contribution in [3.05, 3.63) is 42.1 Å². The molecule has 0 spiro atoms. The van der Waals surface area contributed by atoms with Crippen LogP contribution < -0.4 is 0 Å². The van der Waals surface area contributed by atoms with Crippen molar-refractivity contribution in [1.29, 1.82) is 0 Å². The van der Waals surface area contributed by atoms with E-state index in [2.05, 4.69) is 5.10 Å². The lowest BCUT2D eigenvalue weighted by atomic mass is 9.76. The second kappa shape index (κ2) is 6.35. The molecule has 2 heterocycles. The predicted molar refractivity (Wildman–Crippen MR) is 94.1 cm³/mol. The molecule has 1 aromatic heterocycles. The van der Waals surface area contributed by atoms with Crippen molar-refractivity contribution in [1.82, 2.24) is 14.7 Å². The Labute approximate surface area is 147 Å². The average Bonchev–Trinajstić information content (AvgIpc) is 3.20. The zero-order valence-electron chi connectivity index (χ0n) is 14.8. The Hall–Kier alpha value is -2.63. The van der Waals surface area contributed by atoms with Gasteiger partial charge in [-0.3, -0.25) is 14.3 Å². The number of likely N-dealkylation sites (tertiary alicyclic amines) is 1. The summed E-state index contributed by atoms with van der Waals surface area (Å²) in [6.45, 7) is 4.50. The van der Waals surface area contributed by atoms with Gasteiger partial charge in [-0.2, -0.15) is 5.10 Å². The van der Waals surface area contributed by atoms with Crippen LogP contribution in [0.25, 0.3) is 11.3 Å². The van der Waals surface area contributed by atoms with Gasteiger partial charge in [0.15, 0.2) is 0 Å². The topological polar surface area (TPSA) is 75.4 Å². The summed E-state index contributed by atoms with van der Waals surface area (Å²) in [6, 6.07) is 9.63. The molecule has 1 N–H and O–H groups in total. The van der Waals surface area contributed by atoms with Gasteiger partial charge < -0.3 is 10.0 Å². The Morgan fingerprint density at radius 2 is 1.92 bits per heavy atom. The number of nitrogens with zero attached hydrogens (tertiary/aromatic N) is 3. The molecule has 2 aromatic rings. The number of aryl methyl sites for hydroxylation is 1. The van der Waals surface area contributed by atoms with Crippen LogP contribution in [-0.4, -0.2) is 44.8 Å². The summed E-state index contributed by atoms with van der Waals surface area (Å²) in [4.78, 5) is 26.5. The fourth-order valence-corrected chi connectivity index (χ4v) is 3.60. The van der Waals surface area contributed by atoms with Crippen LogP contribution in [0.3, 0.4) is 0 Å². The molecule has 1 saturated heterocycles. The molecule has 1 atom stereocenters. The van der Waals surface area contributed by atoms with Crippen molar-refractivity contribution in [2.45, 2.75) is 20.3 Å². The lowest BCUT2D eigenvalue weighted by molar-refractivity contribution is -0.150. The standard InChI is InChI=1S/C19H23N3O3/c1-13(2)19(18(24)25)9-10-22(12-19)17(23)15-11-20-21(3)16(15)14-7-5-4-6-8-14/h4-8,11,13H,9-10,12H2,1-3H3,(H,24,25). The molecule has 6 nitrogen and oxygen atoms in total. The Bertz CT molecular complexity index is 798. The number of hydrogen-bond acceptors (Lipinski definition) is 3. The number of carbonyl (C=O) groups excluding carboxylic acids is 1. The highest BCUT2D eigenvalue weighted by Crippen LogP contribution is 2.39. The maximum Gasteiger partial charge on any atom is 0.311 e. The van der Waals surface area contributed by atoms with Crippen molar-refractivity contribution in [2.24, 2.45) is 18.4 Å². The van der Waals surface area contributed by atoms with E-state index in [0.29, 0.717) is 18.5 Å². The van der Waals surface area contributed by atoms with E-state index in [0.717, 1.165) is 11.3 Å². The first-order valence-electron chi connectivity index (χ1n) is 8.47.